The van der Waals surface area contributed by atoms with Gasteiger partial charge in [-0.15, -0.1) is 0 Å². The van der Waals surface area contributed by atoms with E-state index in [-0.39, 0.29) is 6.10 Å². The molecule has 1 atom stereocenters. The van der Waals surface area contributed by atoms with Gasteiger partial charge < -0.3 is 19.3 Å². The van der Waals surface area contributed by atoms with E-state index in [1.807, 2.05) is 18.3 Å². The Kier molecular flexibility index (Phi) is 5.18. The van der Waals surface area contributed by atoms with Crippen molar-refractivity contribution < 1.29 is 14.1 Å². The Morgan fingerprint density at radius 1 is 1.03 bits per heavy atom. The van der Waals surface area contributed by atoms with Crippen LogP contribution in [0.1, 0.15) is 18.4 Å². The van der Waals surface area contributed by atoms with Crippen LogP contribution in [0.15, 0.2) is 29.2 Å². The molecule has 2 saturated heterocycles. The summed E-state index contributed by atoms with van der Waals surface area (Å²) in [5.41, 5.74) is 1.93. The number of rotatable bonds is 5. The zero-order valence-corrected chi connectivity index (χ0v) is 16.1. The van der Waals surface area contributed by atoms with Gasteiger partial charge in [-0.2, -0.15) is 0 Å². The number of nitrogens with zero attached hydrogens (tertiary/aromatic N) is 7. The first-order valence-corrected chi connectivity index (χ1v) is 9.95. The minimum Gasteiger partial charge on any atom is -0.378 e. The lowest BCUT2D eigenvalue weighted by molar-refractivity contribution is 0.0313. The van der Waals surface area contributed by atoms with Gasteiger partial charge in [0, 0.05) is 38.6 Å². The van der Waals surface area contributed by atoms with E-state index in [2.05, 4.69) is 25.1 Å². The normalized spacial score (nSPS) is 20.3. The van der Waals surface area contributed by atoms with E-state index < -0.39 is 0 Å². The molecule has 3 aromatic rings. The summed E-state index contributed by atoms with van der Waals surface area (Å²) in [6.07, 6.45) is 5.78. The molecule has 0 radical (unpaired) electrons. The molecule has 5 rings (SSSR count). The lowest BCUT2D eigenvalue weighted by atomic mass is 10.1. The van der Waals surface area contributed by atoms with Gasteiger partial charge in [0.15, 0.2) is 11.6 Å². The van der Waals surface area contributed by atoms with Crippen molar-refractivity contribution in [1.29, 1.82) is 0 Å². The maximum absolute atomic E-state index is 6.17. The molecule has 0 aromatic carbocycles. The zero-order chi connectivity index (χ0) is 19.5. The fraction of sp³-hybridized carbons (Fsp3) is 0.526. The van der Waals surface area contributed by atoms with Gasteiger partial charge in [0.05, 0.1) is 25.9 Å². The molecule has 0 bridgehead atoms. The van der Waals surface area contributed by atoms with Crippen LogP contribution in [0.2, 0.25) is 0 Å². The number of piperidine rings is 1. The third-order valence-corrected chi connectivity index (χ3v) is 5.27. The fourth-order valence-corrected chi connectivity index (χ4v) is 3.78. The van der Waals surface area contributed by atoms with Gasteiger partial charge in [-0.05, 0) is 34.8 Å². The van der Waals surface area contributed by atoms with Gasteiger partial charge in [-0.25, -0.2) is 14.6 Å². The first-order chi connectivity index (χ1) is 14.4. The summed E-state index contributed by atoms with van der Waals surface area (Å²) >= 11 is 0. The van der Waals surface area contributed by atoms with Gasteiger partial charge in [0.2, 0.25) is 11.3 Å². The third kappa shape index (κ3) is 3.99. The van der Waals surface area contributed by atoms with Crippen LogP contribution in [0.3, 0.4) is 0 Å². The lowest BCUT2D eigenvalue weighted by Gasteiger charge is -2.36. The summed E-state index contributed by atoms with van der Waals surface area (Å²) in [4.78, 5) is 18.0. The highest BCUT2D eigenvalue weighted by atomic mass is 16.6. The second-order valence-electron chi connectivity index (χ2n) is 7.26. The molecule has 0 N–H and O–H groups in total. The van der Waals surface area contributed by atoms with Gasteiger partial charge in [-0.1, -0.05) is 6.07 Å². The smallest absolute Gasteiger partial charge is 0.245 e. The van der Waals surface area contributed by atoms with Crippen molar-refractivity contribution >= 4 is 22.9 Å². The van der Waals surface area contributed by atoms with E-state index in [9.17, 15) is 0 Å². The highest BCUT2D eigenvalue weighted by molar-refractivity contribution is 5.74. The van der Waals surface area contributed by atoms with Crippen LogP contribution in [0.4, 0.5) is 11.6 Å². The lowest BCUT2D eigenvalue weighted by Crippen LogP contribution is -2.43. The Balaban J connectivity index is 1.37. The van der Waals surface area contributed by atoms with Crippen molar-refractivity contribution in [1.82, 2.24) is 25.3 Å². The Morgan fingerprint density at radius 2 is 1.83 bits per heavy atom. The summed E-state index contributed by atoms with van der Waals surface area (Å²) in [7, 11) is 0. The van der Waals surface area contributed by atoms with E-state index in [4.69, 9.17) is 24.1 Å². The van der Waals surface area contributed by atoms with Crippen molar-refractivity contribution in [2.45, 2.75) is 25.6 Å². The van der Waals surface area contributed by atoms with E-state index in [1.165, 1.54) is 0 Å². The maximum atomic E-state index is 6.17. The number of aromatic nitrogens is 5. The van der Waals surface area contributed by atoms with Crippen LogP contribution in [-0.2, 0) is 16.1 Å². The minimum atomic E-state index is 0.120. The number of morpholine rings is 1. The highest BCUT2D eigenvalue weighted by Gasteiger charge is 2.28. The molecule has 3 aromatic heterocycles. The van der Waals surface area contributed by atoms with Crippen molar-refractivity contribution in [3.05, 3.63) is 30.1 Å². The Morgan fingerprint density at radius 3 is 2.59 bits per heavy atom. The maximum Gasteiger partial charge on any atom is 0.245 e. The van der Waals surface area contributed by atoms with Gasteiger partial charge >= 0.3 is 0 Å². The summed E-state index contributed by atoms with van der Waals surface area (Å²) in [6, 6.07) is 3.96. The predicted octanol–water partition coefficient (Wildman–Crippen LogP) is 1.43. The Labute approximate surface area is 167 Å². The summed E-state index contributed by atoms with van der Waals surface area (Å²) in [6.45, 7) is 5.10. The average Bonchev–Trinajstić information content (AvgIpc) is 3.26. The molecule has 5 heterocycles. The Hall–Kier alpha value is -2.85. The van der Waals surface area contributed by atoms with Crippen molar-refractivity contribution in [3.8, 4) is 0 Å². The van der Waals surface area contributed by atoms with Crippen LogP contribution in [-0.4, -0.2) is 70.8 Å². The number of pyridine rings is 1. The number of anilines is 2. The van der Waals surface area contributed by atoms with E-state index in [0.717, 1.165) is 56.2 Å². The summed E-state index contributed by atoms with van der Waals surface area (Å²) in [5, 5.41) is 7.76. The zero-order valence-electron chi connectivity index (χ0n) is 16.1. The summed E-state index contributed by atoms with van der Waals surface area (Å²) in [5.74, 6) is 1.62. The van der Waals surface area contributed by atoms with E-state index >= 15 is 0 Å². The number of hydrogen-bond acceptors (Lipinski definition) is 10. The van der Waals surface area contributed by atoms with Crippen LogP contribution >= 0.6 is 0 Å². The molecular weight excluding hydrogens is 374 g/mol. The van der Waals surface area contributed by atoms with Gasteiger partial charge in [0.25, 0.3) is 0 Å². The number of fused-ring (bicyclic) bond motifs is 1. The fourth-order valence-electron chi connectivity index (χ4n) is 3.78. The van der Waals surface area contributed by atoms with Crippen LogP contribution in [0.25, 0.3) is 11.3 Å². The first-order valence-electron chi connectivity index (χ1n) is 9.95. The number of hydrogen-bond donors (Lipinski definition) is 0. The third-order valence-electron chi connectivity index (χ3n) is 5.27. The molecule has 2 aliphatic heterocycles. The second kappa shape index (κ2) is 8.26. The summed E-state index contributed by atoms with van der Waals surface area (Å²) < 4.78 is 16.5. The quantitative estimate of drug-likeness (QED) is 0.628. The molecule has 0 spiro atoms. The van der Waals surface area contributed by atoms with Gasteiger partial charge in [-0.3, -0.25) is 4.98 Å². The SMILES string of the molecule is c1cncc(COC2CCCN(c3nc4nonc4nc3N3CCOCC3)C2)c1. The average molecular weight is 397 g/mol. The molecule has 2 fully saturated rings. The monoisotopic (exact) mass is 397 g/mol. The highest BCUT2D eigenvalue weighted by Crippen LogP contribution is 2.30. The molecule has 0 aliphatic carbocycles. The van der Waals surface area contributed by atoms with Crippen LogP contribution in [0, 0.1) is 0 Å². The van der Waals surface area contributed by atoms with Gasteiger partial charge in [0.1, 0.15) is 0 Å². The molecule has 1 unspecified atom stereocenters. The van der Waals surface area contributed by atoms with Crippen LogP contribution in [0.5, 0.6) is 0 Å². The number of ether oxygens (including phenoxy) is 2. The molecule has 152 valence electrons. The molecule has 2 aliphatic rings. The predicted molar refractivity (Wildman–Crippen MR) is 105 cm³/mol. The molecule has 0 saturated carbocycles. The second-order valence-corrected chi connectivity index (χ2v) is 7.26. The molecule has 0 amide bonds. The van der Waals surface area contributed by atoms with E-state index in [1.54, 1.807) is 6.20 Å². The minimum absolute atomic E-state index is 0.120. The molecule has 10 heteroatoms. The van der Waals surface area contributed by atoms with Crippen molar-refractivity contribution in [3.63, 3.8) is 0 Å². The largest absolute Gasteiger partial charge is 0.378 e. The van der Waals surface area contributed by atoms with Crippen molar-refractivity contribution in [2.24, 2.45) is 0 Å². The van der Waals surface area contributed by atoms with Crippen LogP contribution < -0.4 is 9.80 Å². The Bertz CT molecular complexity index is 945. The first kappa shape index (κ1) is 18.2. The molecule has 29 heavy (non-hydrogen) atoms. The molecule has 10 nitrogen and oxygen atoms in total. The topological polar surface area (TPSA) is 103 Å². The molecular formula is C19H23N7O3. The standard InChI is InChI=1S/C19H23N7O3/c1-3-14(11-20-5-1)13-28-15-4-2-6-26(12-15)19-18(25-7-9-27-10-8-25)21-16-17(22-19)24-29-23-16/h1,3,5,11,15H,2,4,6-10,12-13H2. The van der Waals surface area contributed by atoms with E-state index in [0.29, 0.717) is 31.1 Å². The van der Waals surface area contributed by atoms with Crippen molar-refractivity contribution in [2.75, 3.05) is 49.2 Å².